The van der Waals surface area contributed by atoms with Crippen molar-refractivity contribution in [3.8, 4) is 11.3 Å². The Labute approximate surface area is 225 Å². The lowest BCUT2D eigenvalue weighted by molar-refractivity contribution is 0.0950. The SMILES string of the molecule is Cc1cc(-c2cnc3c(NCC4CCSCC4)cc(Sc4cccnc4)nn23)ccc1C(=O)NC1CC1. The second-order valence-corrected chi connectivity index (χ2v) is 12.1. The van der Waals surface area contributed by atoms with Crippen molar-refractivity contribution in [2.75, 3.05) is 23.4 Å². The molecule has 1 amide bonds. The van der Waals surface area contributed by atoms with Gasteiger partial charge in [-0.3, -0.25) is 9.78 Å². The maximum absolute atomic E-state index is 12.6. The monoisotopic (exact) mass is 530 g/mol. The maximum atomic E-state index is 12.6. The highest BCUT2D eigenvalue weighted by Crippen LogP contribution is 2.32. The van der Waals surface area contributed by atoms with Gasteiger partial charge in [0.25, 0.3) is 5.91 Å². The number of imidazole rings is 1. The Bertz CT molecular complexity index is 1410. The van der Waals surface area contributed by atoms with Gasteiger partial charge in [-0.05, 0) is 85.9 Å². The van der Waals surface area contributed by atoms with Crippen LogP contribution in [-0.4, -0.2) is 49.6 Å². The second-order valence-electron chi connectivity index (χ2n) is 9.78. The van der Waals surface area contributed by atoms with Gasteiger partial charge >= 0.3 is 0 Å². The molecule has 1 aromatic carbocycles. The summed E-state index contributed by atoms with van der Waals surface area (Å²) in [7, 11) is 0. The molecule has 0 bridgehead atoms. The zero-order valence-corrected chi connectivity index (χ0v) is 22.4. The average Bonchev–Trinajstić information content (AvgIpc) is 3.63. The molecule has 1 aliphatic carbocycles. The number of nitrogens with one attached hydrogen (secondary N) is 2. The van der Waals surface area contributed by atoms with Crippen molar-refractivity contribution in [3.63, 3.8) is 0 Å². The number of benzene rings is 1. The minimum Gasteiger partial charge on any atom is -0.382 e. The van der Waals surface area contributed by atoms with Gasteiger partial charge in [-0.15, -0.1) is 0 Å². The van der Waals surface area contributed by atoms with Gasteiger partial charge in [0.2, 0.25) is 0 Å². The molecular formula is C28H30N6OS2. The van der Waals surface area contributed by atoms with Gasteiger partial charge in [-0.2, -0.15) is 16.9 Å². The van der Waals surface area contributed by atoms with Crippen LogP contribution in [-0.2, 0) is 0 Å². The van der Waals surface area contributed by atoms with Crippen molar-refractivity contribution in [2.24, 2.45) is 5.92 Å². The first-order valence-corrected chi connectivity index (χ1v) is 14.8. The number of aryl methyl sites for hydroxylation is 1. The maximum Gasteiger partial charge on any atom is 0.251 e. The van der Waals surface area contributed by atoms with Crippen LogP contribution in [0.1, 0.15) is 41.6 Å². The summed E-state index contributed by atoms with van der Waals surface area (Å²) in [6, 6.07) is 12.4. The van der Waals surface area contributed by atoms with E-state index < -0.39 is 0 Å². The molecule has 6 rings (SSSR count). The Morgan fingerprint density at radius 1 is 1.14 bits per heavy atom. The van der Waals surface area contributed by atoms with Crippen LogP contribution in [0.4, 0.5) is 5.69 Å². The van der Waals surface area contributed by atoms with Crippen LogP contribution in [0, 0.1) is 12.8 Å². The Morgan fingerprint density at radius 3 is 2.76 bits per heavy atom. The van der Waals surface area contributed by atoms with Crippen LogP contribution in [0.25, 0.3) is 16.9 Å². The molecule has 37 heavy (non-hydrogen) atoms. The summed E-state index contributed by atoms with van der Waals surface area (Å²) in [6.07, 6.45) is 10.2. The van der Waals surface area contributed by atoms with Gasteiger partial charge in [0.1, 0.15) is 5.03 Å². The molecule has 190 valence electrons. The van der Waals surface area contributed by atoms with E-state index in [0.29, 0.717) is 12.0 Å². The summed E-state index contributed by atoms with van der Waals surface area (Å²) in [5.41, 5.74) is 5.35. The molecule has 0 spiro atoms. The quantitative estimate of drug-likeness (QED) is 0.302. The molecule has 0 atom stereocenters. The van der Waals surface area contributed by atoms with Gasteiger partial charge in [0.05, 0.1) is 17.6 Å². The molecule has 1 saturated carbocycles. The zero-order chi connectivity index (χ0) is 25.2. The van der Waals surface area contributed by atoms with Crippen LogP contribution < -0.4 is 10.6 Å². The largest absolute Gasteiger partial charge is 0.382 e. The molecule has 0 unspecified atom stereocenters. The summed E-state index contributed by atoms with van der Waals surface area (Å²) < 4.78 is 1.93. The normalized spacial score (nSPS) is 16.1. The highest BCUT2D eigenvalue weighted by molar-refractivity contribution is 7.99. The topological polar surface area (TPSA) is 84.2 Å². The van der Waals surface area contributed by atoms with E-state index in [9.17, 15) is 4.79 Å². The lowest BCUT2D eigenvalue weighted by atomic mass is 10.0. The number of hydrogen-bond donors (Lipinski definition) is 2. The Hall–Kier alpha value is -3.04. The van der Waals surface area contributed by atoms with Crippen molar-refractivity contribution in [1.29, 1.82) is 0 Å². The molecule has 7 nitrogen and oxygen atoms in total. The van der Waals surface area contributed by atoms with Gasteiger partial charge in [-0.25, -0.2) is 9.50 Å². The third-order valence-electron chi connectivity index (χ3n) is 6.90. The Morgan fingerprint density at radius 2 is 2.00 bits per heavy atom. The summed E-state index contributed by atoms with van der Waals surface area (Å²) in [5.74, 6) is 3.16. The number of aromatic nitrogens is 4. The highest BCUT2D eigenvalue weighted by Gasteiger charge is 2.24. The number of carbonyl (C=O) groups excluding carboxylic acids is 1. The van der Waals surface area contributed by atoms with E-state index in [2.05, 4.69) is 27.8 Å². The third-order valence-corrected chi connectivity index (χ3v) is 8.84. The fraction of sp³-hybridized carbons (Fsp3) is 0.357. The molecule has 2 aliphatic rings. The second kappa shape index (κ2) is 10.8. The van der Waals surface area contributed by atoms with Crippen LogP contribution in [0.3, 0.4) is 0 Å². The molecular weight excluding hydrogens is 500 g/mol. The molecule has 2 N–H and O–H groups in total. The van der Waals surface area contributed by atoms with Crippen LogP contribution in [0.2, 0.25) is 0 Å². The number of hydrogen-bond acceptors (Lipinski definition) is 7. The van der Waals surface area contributed by atoms with Gasteiger partial charge in [-0.1, -0.05) is 17.8 Å². The van der Waals surface area contributed by atoms with Crippen molar-refractivity contribution >= 4 is 40.8 Å². The van der Waals surface area contributed by atoms with E-state index in [1.54, 1.807) is 18.0 Å². The number of anilines is 1. The zero-order valence-electron chi connectivity index (χ0n) is 20.8. The van der Waals surface area contributed by atoms with Gasteiger partial charge in [0, 0.05) is 41.0 Å². The number of carbonyl (C=O) groups is 1. The molecule has 3 aromatic heterocycles. The van der Waals surface area contributed by atoms with Crippen molar-refractivity contribution in [2.45, 2.75) is 48.6 Å². The molecule has 0 radical (unpaired) electrons. The van der Waals surface area contributed by atoms with Crippen molar-refractivity contribution < 1.29 is 4.79 Å². The van der Waals surface area contributed by atoms with E-state index in [0.717, 1.165) is 63.0 Å². The minimum absolute atomic E-state index is 0.00516. The molecule has 1 saturated heterocycles. The number of pyridine rings is 1. The Kier molecular flexibility index (Phi) is 7.06. The fourth-order valence-corrected chi connectivity index (χ4v) is 6.63. The lowest BCUT2D eigenvalue weighted by Gasteiger charge is -2.22. The third kappa shape index (κ3) is 5.62. The number of amides is 1. The lowest BCUT2D eigenvalue weighted by Crippen LogP contribution is -2.26. The van der Waals surface area contributed by atoms with Crippen LogP contribution >= 0.6 is 23.5 Å². The summed E-state index contributed by atoms with van der Waals surface area (Å²) in [5, 5.41) is 12.6. The predicted molar refractivity (Wildman–Crippen MR) is 151 cm³/mol. The van der Waals surface area contributed by atoms with Crippen molar-refractivity contribution in [1.82, 2.24) is 24.9 Å². The Balaban J connectivity index is 1.34. The predicted octanol–water partition coefficient (Wildman–Crippen LogP) is 5.70. The first-order chi connectivity index (χ1) is 18.1. The summed E-state index contributed by atoms with van der Waals surface area (Å²) >= 11 is 3.64. The fourth-order valence-electron chi connectivity index (χ4n) is 4.62. The van der Waals surface area contributed by atoms with Crippen LogP contribution in [0.5, 0.6) is 0 Å². The number of thioether (sulfide) groups is 1. The molecule has 1 aliphatic heterocycles. The van der Waals surface area contributed by atoms with E-state index in [-0.39, 0.29) is 5.91 Å². The van der Waals surface area contributed by atoms with Crippen molar-refractivity contribution in [3.05, 3.63) is 66.1 Å². The summed E-state index contributed by atoms with van der Waals surface area (Å²) in [4.78, 5) is 22.7. The van der Waals surface area contributed by atoms with E-state index in [4.69, 9.17) is 10.1 Å². The standard InChI is InChI=1S/C28H30N6OS2/c1-18-13-20(4-7-23(18)28(35)32-21-5-6-21)25-17-31-27-24(30-15-19-8-11-36-12-9-19)14-26(33-34(25)27)37-22-3-2-10-29-16-22/h2-4,7,10,13-14,16-17,19,21,30H,5-6,8-9,11-12,15H2,1H3,(H,32,35). The first-order valence-electron chi connectivity index (χ1n) is 12.8. The molecule has 4 aromatic rings. The number of fused-ring (bicyclic) bond motifs is 1. The summed E-state index contributed by atoms with van der Waals surface area (Å²) in [6.45, 7) is 2.92. The van der Waals surface area contributed by atoms with Gasteiger partial charge < -0.3 is 10.6 Å². The van der Waals surface area contributed by atoms with E-state index >= 15 is 0 Å². The first kappa shape index (κ1) is 24.3. The molecule has 2 fully saturated rings. The van der Waals surface area contributed by atoms with Crippen LogP contribution in [0.15, 0.2) is 64.9 Å². The van der Waals surface area contributed by atoms with E-state index in [1.807, 2.05) is 59.9 Å². The smallest absolute Gasteiger partial charge is 0.251 e. The molecule has 9 heteroatoms. The number of nitrogens with zero attached hydrogens (tertiary/aromatic N) is 4. The number of rotatable bonds is 8. The average molecular weight is 531 g/mol. The highest BCUT2D eigenvalue weighted by atomic mass is 32.2. The molecule has 4 heterocycles. The van der Waals surface area contributed by atoms with E-state index in [1.165, 1.54) is 24.3 Å². The minimum atomic E-state index is 0.00516. The van der Waals surface area contributed by atoms with Gasteiger partial charge in [0.15, 0.2) is 5.65 Å².